The van der Waals surface area contributed by atoms with Gasteiger partial charge in [0.1, 0.15) is 6.54 Å². The predicted octanol–water partition coefficient (Wildman–Crippen LogP) is 1.38. The molecule has 112 valence electrons. The summed E-state index contributed by atoms with van der Waals surface area (Å²) in [5.41, 5.74) is -0.429. The smallest absolute Gasteiger partial charge is 0.321 e. The van der Waals surface area contributed by atoms with Crippen LogP contribution in [0.15, 0.2) is 12.4 Å². The van der Waals surface area contributed by atoms with E-state index in [9.17, 15) is 18.7 Å². The molecule has 8 heteroatoms. The lowest BCUT2D eigenvalue weighted by atomic mass is 9.85. The first-order chi connectivity index (χ1) is 9.25. The number of anilines is 1. The quantitative estimate of drug-likeness (QED) is 0.879. The Morgan fingerprint density at radius 2 is 2.25 bits per heavy atom. The van der Waals surface area contributed by atoms with Crippen LogP contribution in [-0.2, 0) is 6.54 Å². The Morgan fingerprint density at radius 1 is 1.60 bits per heavy atom. The third-order valence-electron chi connectivity index (χ3n) is 3.38. The fourth-order valence-corrected chi connectivity index (χ4v) is 1.96. The van der Waals surface area contributed by atoms with E-state index < -0.39 is 18.6 Å². The van der Waals surface area contributed by atoms with Crippen molar-refractivity contribution in [3.8, 4) is 0 Å². The van der Waals surface area contributed by atoms with Gasteiger partial charge < -0.3 is 15.3 Å². The normalized spacial score (nSPS) is 16.4. The SMILES string of the molecule is CC(C)(O)C1CN(C(=O)Nc2cnn(CC(F)F)c2)C1. The number of amides is 2. The van der Waals surface area contributed by atoms with E-state index in [4.69, 9.17) is 0 Å². The number of carbonyl (C=O) groups is 1. The molecule has 0 saturated carbocycles. The number of alkyl halides is 2. The summed E-state index contributed by atoms with van der Waals surface area (Å²) >= 11 is 0. The fraction of sp³-hybridized carbons (Fsp3) is 0.667. The van der Waals surface area contributed by atoms with Crippen molar-refractivity contribution in [1.29, 1.82) is 0 Å². The molecule has 0 spiro atoms. The molecule has 0 aromatic carbocycles. The summed E-state index contributed by atoms with van der Waals surface area (Å²) in [5.74, 6) is 0.0507. The minimum Gasteiger partial charge on any atom is -0.390 e. The van der Waals surface area contributed by atoms with Gasteiger partial charge in [-0.3, -0.25) is 4.68 Å². The fourth-order valence-electron chi connectivity index (χ4n) is 1.96. The van der Waals surface area contributed by atoms with Crippen LogP contribution < -0.4 is 5.32 Å². The molecule has 2 heterocycles. The third kappa shape index (κ3) is 3.44. The molecule has 2 rings (SSSR count). The Bertz CT molecular complexity index is 478. The summed E-state index contributed by atoms with van der Waals surface area (Å²) in [6.45, 7) is 3.87. The highest BCUT2D eigenvalue weighted by Crippen LogP contribution is 2.27. The van der Waals surface area contributed by atoms with E-state index in [1.165, 1.54) is 12.4 Å². The molecular formula is C12H18F2N4O2. The van der Waals surface area contributed by atoms with Crippen molar-refractivity contribution in [2.45, 2.75) is 32.4 Å². The van der Waals surface area contributed by atoms with E-state index in [0.29, 0.717) is 18.8 Å². The number of halogens is 2. The molecule has 1 fully saturated rings. The zero-order valence-corrected chi connectivity index (χ0v) is 11.4. The molecule has 0 radical (unpaired) electrons. The van der Waals surface area contributed by atoms with Gasteiger partial charge in [0.15, 0.2) is 0 Å². The maximum atomic E-state index is 12.2. The van der Waals surface area contributed by atoms with Crippen molar-refractivity contribution in [1.82, 2.24) is 14.7 Å². The number of aromatic nitrogens is 2. The second kappa shape index (κ2) is 5.35. The summed E-state index contributed by atoms with van der Waals surface area (Å²) in [7, 11) is 0. The number of urea groups is 1. The number of rotatable bonds is 4. The van der Waals surface area contributed by atoms with Gasteiger partial charge in [0, 0.05) is 25.2 Å². The Hall–Kier alpha value is -1.70. The number of nitrogens with zero attached hydrogens (tertiary/aromatic N) is 3. The molecule has 1 aromatic heterocycles. The zero-order valence-electron chi connectivity index (χ0n) is 11.4. The molecule has 1 aliphatic heterocycles. The molecule has 2 amide bonds. The van der Waals surface area contributed by atoms with Crippen LogP contribution in [0.4, 0.5) is 19.3 Å². The minimum atomic E-state index is -2.48. The highest BCUT2D eigenvalue weighted by Gasteiger charge is 2.39. The monoisotopic (exact) mass is 288 g/mol. The molecule has 2 N–H and O–H groups in total. The molecule has 0 bridgehead atoms. The first kappa shape index (κ1) is 14.7. The van der Waals surface area contributed by atoms with Crippen LogP contribution in [0, 0.1) is 5.92 Å². The lowest BCUT2D eigenvalue weighted by molar-refractivity contribution is -0.0440. The van der Waals surface area contributed by atoms with Crippen LogP contribution in [0.1, 0.15) is 13.8 Å². The van der Waals surface area contributed by atoms with Crippen LogP contribution in [-0.4, -0.2) is 50.9 Å². The molecule has 0 atom stereocenters. The molecule has 6 nitrogen and oxygen atoms in total. The van der Waals surface area contributed by atoms with Gasteiger partial charge in [-0.05, 0) is 13.8 Å². The minimum absolute atomic E-state index is 0.0507. The van der Waals surface area contributed by atoms with Gasteiger partial charge in [0.25, 0.3) is 6.43 Å². The maximum absolute atomic E-state index is 12.2. The highest BCUT2D eigenvalue weighted by molar-refractivity contribution is 5.89. The van der Waals surface area contributed by atoms with Crippen LogP contribution in [0.3, 0.4) is 0 Å². The summed E-state index contributed by atoms with van der Waals surface area (Å²) in [6.07, 6.45) is 0.201. The Kier molecular flexibility index (Phi) is 3.94. The van der Waals surface area contributed by atoms with Crippen LogP contribution in [0.5, 0.6) is 0 Å². The van der Waals surface area contributed by atoms with Crippen LogP contribution in [0.2, 0.25) is 0 Å². The van der Waals surface area contributed by atoms with E-state index in [2.05, 4.69) is 10.4 Å². The second-order valence-electron chi connectivity index (χ2n) is 5.53. The van der Waals surface area contributed by atoms with Gasteiger partial charge in [-0.2, -0.15) is 5.10 Å². The molecule has 1 aliphatic rings. The van der Waals surface area contributed by atoms with E-state index >= 15 is 0 Å². The molecular weight excluding hydrogens is 270 g/mol. The van der Waals surface area contributed by atoms with E-state index in [0.717, 1.165) is 4.68 Å². The highest BCUT2D eigenvalue weighted by atomic mass is 19.3. The average molecular weight is 288 g/mol. The van der Waals surface area contributed by atoms with Crippen molar-refractivity contribution in [2.24, 2.45) is 5.92 Å². The standard InChI is InChI=1S/C12H18F2N4O2/c1-12(2,20)8-4-17(5-8)11(19)16-9-3-15-18(6-9)7-10(13)14/h3,6,8,10,20H,4-5,7H2,1-2H3,(H,16,19). The molecule has 0 aliphatic carbocycles. The zero-order chi connectivity index (χ0) is 14.9. The number of aliphatic hydroxyl groups is 1. The largest absolute Gasteiger partial charge is 0.390 e. The van der Waals surface area contributed by atoms with Gasteiger partial charge in [-0.25, -0.2) is 13.6 Å². The van der Waals surface area contributed by atoms with Crippen molar-refractivity contribution < 1.29 is 18.7 Å². The van der Waals surface area contributed by atoms with E-state index in [1.54, 1.807) is 18.7 Å². The van der Waals surface area contributed by atoms with Gasteiger partial charge in [-0.15, -0.1) is 0 Å². The van der Waals surface area contributed by atoms with Crippen molar-refractivity contribution in [3.63, 3.8) is 0 Å². The average Bonchev–Trinajstić information content (AvgIpc) is 2.59. The summed E-state index contributed by atoms with van der Waals surface area (Å²) in [5, 5.41) is 16.1. The van der Waals surface area contributed by atoms with Crippen molar-refractivity contribution >= 4 is 11.7 Å². The molecule has 1 saturated heterocycles. The topological polar surface area (TPSA) is 70.4 Å². The second-order valence-corrected chi connectivity index (χ2v) is 5.53. The molecule has 20 heavy (non-hydrogen) atoms. The van der Waals surface area contributed by atoms with E-state index in [1.807, 2.05) is 0 Å². The lowest BCUT2D eigenvalue weighted by Crippen LogP contribution is -2.58. The number of carbonyl (C=O) groups excluding carboxylic acids is 1. The lowest BCUT2D eigenvalue weighted by Gasteiger charge is -2.44. The van der Waals surface area contributed by atoms with E-state index in [-0.39, 0.29) is 11.9 Å². The maximum Gasteiger partial charge on any atom is 0.321 e. The first-order valence-corrected chi connectivity index (χ1v) is 6.34. The van der Waals surface area contributed by atoms with Gasteiger partial charge in [0.2, 0.25) is 0 Å². The Balaban J connectivity index is 1.83. The predicted molar refractivity (Wildman–Crippen MR) is 68.6 cm³/mol. The number of nitrogens with one attached hydrogen (secondary N) is 1. The number of likely N-dealkylation sites (tertiary alicyclic amines) is 1. The van der Waals surface area contributed by atoms with Crippen molar-refractivity contribution in [2.75, 3.05) is 18.4 Å². The molecule has 0 unspecified atom stereocenters. The Morgan fingerprint density at radius 3 is 2.80 bits per heavy atom. The van der Waals surface area contributed by atoms with Crippen LogP contribution >= 0.6 is 0 Å². The number of hydrogen-bond donors (Lipinski definition) is 2. The van der Waals surface area contributed by atoms with Gasteiger partial charge in [-0.1, -0.05) is 0 Å². The Labute approximate surface area is 115 Å². The van der Waals surface area contributed by atoms with Gasteiger partial charge >= 0.3 is 6.03 Å². The summed E-state index contributed by atoms with van der Waals surface area (Å²) < 4.78 is 25.4. The first-order valence-electron chi connectivity index (χ1n) is 6.34. The summed E-state index contributed by atoms with van der Waals surface area (Å²) in [4.78, 5) is 13.4. The van der Waals surface area contributed by atoms with Gasteiger partial charge in [0.05, 0.1) is 17.5 Å². The van der Waals surface area contributed by atoms with Crippen LogP contribution in [0.25, 0.3) is 0 Å². The molecule has 1 aromatic rings. The number of hydrogen-bond acceptors (Lipinski definition) is 3. The van der Waals surface area contributed by atoms with Crippen molar-refractivity contribution in [3.05, 3.63) is 12.4 Å². The third-order valence-corrected chi connectivity index (χ3v) is 3.38. The summed E-state index contributed by atoms with van der Waals surface area (Å²) in [6, 6.07) is -0.318.